The number of benzene rings is 1. The third-order valence-corrected chi connectivity index (χ3v) is 5.97. The number of rotatable bonds is 4. The Hall–Kier alpha value is -1.58. The first-order chi connectivity index (χ1) is 12.3. The van der Waals surface area contributed by atoms with E-state index in [1.54, 1.807) is 0 Å². The van der Waals surface area contributed by atoms with Gasteiger partial charge in [-0.2, -0.15) is 0 Å². The predicted molar refractivity (Wildman–Crippen MR) is 112 cm³/mol. The second-order valence-electron chi connectivity index (χ2n) is 8.29. The molecule has 3 rings (SSSR count). The molecule has 0 spiro atoms. The van der Waals surface area contributed by atoms with Gasteiger partial charge in [0.05, 0.1) is 11.2 Å². The number of allylic oxidation sites excluding steroid dienone is 5. The fraction of sp³-hybridized carbons (Fsp3) is 0.478. The number of hydrogen-bond acceptors (Lipinski definition) is 2. The SMILES string of the molecule is C/C=C\C=C(/CC)C1=Cc2ccc(B3OC(C)(C)C(C)(C)O3)cc2CC1. The summed E-state index contributed by atoms with van der Waals surface area (Å²) in [6.07, 6.45) is 12.1. The molecule has 1 aromatic carbocycles. The highest BCUT2D eigenvalue weighted by molar-refractivity contribution is 6.62. The highest BCUT2D eigenvalue weighted by Crippen LogP contribution is 2.37. The molecule has 1 aromatic rings. The van der Waals surface area contributed by atoms with Gasteiger partial charge in [0, 0.05) is 0 Å². The first-order valence-corrected chi connectivity index (χ1v) is 9.78. The fourth-order valence-corrected chi connectivity index (χ4v) is 3.56. The number of fused-ring (bicyclic) bond motifs is 1. The molecule has 1 fully saturated rings. The van der Waals surface area contributed by atoms with E-state index in [4.69, 9.17) is 9.31 Å². The van der Waals surface area contributed by atoms with Crippen LogP contribution in [0.1, 0.15) is 65.5 Å². The smallest absolute Gasteiger partial charge is 0.399 e. The molecule has 3 heteroatoms. The van der Waals surface area contributed by atoms with Gasteiger partial charge in [-0.3, -0.25) is 0 Å². The molecule has 2 aliphatic rings. The highest BCUT2D eigenvalue weighted by atomic mass is 16.7. The molecular weight excluding hydrogens is 319 g/mol. The standard InChI is InChI=1S/C23H31BO2/c1-7-9-10-17(8-2)18-11-12-20-16-21(14-13-19(20)15-18)24-25-22(3,4)23(5,6)26-24/h7,9-10,13-16H,8,11-12H2,1-6H3/b9-7-,17-10+. The molecule has 1 aliphatic heterocycles. The second kappa shape index (κ2) is 7.21. The average molecular weight is 350 g/mol. The van der Waals surface area contributed by atoms with Crippen molar-refractivity contribution in [1.29, 1.82) is 0 Å². The Bertz CT molecular complexity index is 752. The van der Waals surface area contributed by atoms with Crippen LogP contribution >= 0.6 is 0 Å². The molecule has 138 valence electrons. The first kappa shape index (κ1) is 19.2. The van der Waals surface area contributed by atoms with Gasteiger partial charge in [0.1, 0.15) is 0 Å². The van der Waals surface area contributed by atoms with Gasteiger partial charge in [0.25, 0.3) is 0 Å². The van der Waals surface area contributed by atoms with Crippen molar-refractivity contribution in [2.24, 2.45) is 0 Å². The van der Waals surface area contributed by atoms with E-state index in [1.807, 2.05) is 0 Å². The van der Waals surface area contributed by atoms with E-state index >= 15 is 0 Å². The van der Waals surface area contributed by atoms with Gasteiger partial charge in [-0.05, 0) is 81.6 Å². The molecule has 0 aromatic heterocycles. The van der Waals surface area contributed by atoms with Gasteiger partial charge < -0.3 is 9.31 Å². The quantitative estimate of drug-likeness (QED) is 0.547. The zero-order chi connectivity index (χ0) is 18.9. The van der Waals surface area contributed by atoms with Crippen molar-refractivity contribution in [2.45, 2.75) is 72.0 Å². The lowest BCUT2D eigenvalue weighted by Crippen LogP contribution is -2.41. The summed E-state index contributed by atoms with van der Waals surface area (Å²) in [5.74, 6) is 0. The van der Waals surface area contributed by atoms with E-state index < -0.39 is 0 Å². The molecule has 2 nitrogen and oxygen atoms in total. The Morgan fingerprint density at radius 1 is 1.12 bits per heavy atom. The Kier molecular flexibility index (Phi) is 5.32. The summed E-state index contributed by atoms with van der Waals surface area (Å²) in [6, 6.07) is 6.64. The third-order valence-electron chi connectivity index (χ3n) is 5.97. The summed E-state index contributed by atoms with van der Waals surface area (Å²) < 4.78 is 12.4. The zero-order valence-corrected chi connectivity index (χ0v) is 17.1. The maximum Gasteiger partial charge on any atom is 0.494 e. The topological polar surface area (TPSA) is 18.5 Å². The van der Waals surface area contributed by atoms with Crippen molar-refractivity contribution in [3.05, 3.63) is 58.7 Å². The lowest BCUT2D eigenvalue weighted by molar-refractivity contribution is 0.00578. The lowest BCUT2D eigenvalue weighted by Gasteiger charge is -2.32. The van der Waals surface area contributed by atoms with Crippen LogP contribution in [0.25, 0.3) is 6.08 Å². The molecule has 0 amide bonds. The summed E-state index contributed by atoms with van der Waals surface area (Å²) in [4.78, 5) is 0. The van der Waals surface area contributed by atoms with Crippen molar-refractivity contribution in [3.8, 4) is 0 Å². The van der Waals surface area contributed by atoms with Gasteiger partial charge >= 0.3 is 7.12 Å². The van der Waals surface area contributed by atoms with Crippen LogP contribution in [0.4, 0.5) is 0 Å². The largest absolute Gasteiger partial charge is 0.494 e. The van der Waals surface area contributed by atoms with Gasteiger partial charge in [-0.25, -0.2) is 0 Å². The summed E-state index contributed by atoms with van der Waals surface area (Å²) >= 11 is 0. The maximum atomic E-state index is 6.21. The molecule has 0 saturated carbocycles. The minimum absolute atomic E-state index is 0.281. The van der Waals surface area contributed by atoms with Crippen LogP contribution < -0.4 is 5.46 Å². The summed E-state index contributed by atoms with van der Waals surface area (Å²) in [5, 5.41) is 0. The molecular formula is C23H31BO2. The van der Waals surface area contributed by atoms with E-state index in [2.05, 4.69) is 84.0 Å². The van der Waals surface area contributed by atoms with Crippen molar-refractivity contribution in [3.63, 3.8) is 0 Å². The Morgan fingerprint density at radius 2 is 1.81 bits per heavy atom. The fourth-order valence-electron chi connectivity index (χ4n) is 3.56. The van der Waals surface area contributed by atoms with Crippen LogP contribution in [-0.2, 0) is 15.7 Å². The van der Waals surface area contributed by atoms with E-state index in [0.29, 0.717) is 0 Å². The number of hydrogen-bond donors (Lipinski definition) is 0. The van der Waals surface area contributed by atoms with E-state index in [1.165, 1.54) is 22.3 Å². The van der Waals surface area contributed by atoms with Gasteiger partial charge in [-0.1, -0.05) is 49.4 Å². The summed E-state index contributed by atoms with van der Waals surface area (Å²) in [7, 11) is -0.281. The molecule has 0 unspecified atom stereocenters. The Labute approximate surface area is 159 Å². The molecule has 1 saturated heterocycles. The average Bonchev–Trinajstić information content (AvgIpc) is 2.82. The molecule has 1 heterocycles. The molecule has 0 radical (unpaired) electrons. The summed E-state index contributed by atoms with van der Waals surface area (Å²) in [6.45, 7) is 12.7. The van der Waals surface area contributed by atoms with Crippen LogP contribution in [0.5, 0.6) is 0 Å². The van der Waals surface area contributed by atoms with Crippen LogP contribution in [0.2, 0.25) is 0 Å². The van der Waals surface area contributed by atoms with Gasteiger partial charge in [-0.15, -0.1) is 0 Å². The van der Waals surface area contributed by atoms with E-state index in [9.17, 15) is 0 Å². The zero-order valence-electron chi connectivity index (χ0n) is 17.1. The first-order valence-electron chi connectivity index (χ1n) is 9.78. The van der Waals surface area contributed by atoms with Crippen LogP contribution in [0.15, 0.2) is 47.6 Å². The van der Waals surface area contributed by atoms with Gasteiger partial charge in [0.2, 0.25) is 0 Å². The normalized spacial score (nSPS) is 21.8. The van der Waals surface area contributed by atoms with Crippen LogP contribution in [0, 0.1) is 0 Å². The third kappa shape index (κ3) is 3.61. The summed E-state index contributed by atoms with van der Waals surface area (Å²) in [5.41, 5.74) is 6.14. The van der Waals surface area contributed by atoms with Gasteiger partial charge in [0.15, 0.2) is 0 Å². The molecule has 26 heavy (non-hydrogen) atoms. The van der Waals surface area contributed by atoms with Crippen molar-refractivity contribution >= 4 is 18.7 Å². The minimum atomic E-state index is -0.297. The molecule has 0 atom stereocenters. The van der Waals surface area contributed by atoms with Crippen molar-refractivity contribution in [2.75, 3.05) is 0 Å². The molecule has 1 aliphatic carbocycles. The van der Waals surface area contributed by atoms with E-state index in [-0.39, 0.29) is 18.3 Å². The highest BCUT2D eigenvalue weighted by Gasteiger charge is 2.51. The second-order valence-corrected chi connectivity index (χ2v) is 8.29. The molecule has 0 N–H and O–H groups in total. The van der Waals surface area contributed by atoms with Crippen molar-refractivity contribution in [1.82, 2.24) is 0 Å². The van der Waals surface area contributed by atoms with Crippen LogP contribution in [0.3, 0.4) is 0 Å². The number of aryl methyl sites for hydroxylation is 1. The Morgan fingerprint density at radius 3 is 2.42 bits per heavy atom. The minimum Gasteiger partial charge on any atom is -0.399 e. The monoisotopic (exact) mass is 350 g/mol. The lowest BCUT2D eigenvalue weighted by atomic mass is 9.76. The van der Waals surface area contributed by atoms with Crippen molar-refractivity contribution < 1.29 is 9.31 Å². The Balaban J connectivity index is 1.86. The molecule has 0 bridgehead atoms. The van der Waals surface area contributed by atoms with E-state index in [0.717, 1.165) is 24.7 Å². The predicted octanol–water partition coefficient (Wildman–Crippen LogP) is 5.23. The maximum absolute atomic E-state index is 6.21. The van der Waals surface area contributed by atoms with Crippen LogP contribution in [-0.4, -0.2) is 18.3 Å².